The van der Waals surface area contributed by atoms with Crippen molar-refractivity contribution in [2.24, 2.45) is 5.92 Å². The van der Waals surface area contributed by atoms with E-state index in [1.165, 1.54) is 7.11 Å². The molecule has 1 fully saturated rings. The molecule has 0 unspecified atom stereocenters. The molecular weight excluding hydrogens is 360 g/mol. The lowest BCUT2D eigenvalue weighted by Gasteiger charge is -2.38. The first kappa shape index (κ1) is 22.0. The zero-order valence-corrected chi connectivity index (χ0v) is 17.2. The first-order chi connectivity index (χ1) is 13.4. The average Bonchev–Trinajstić information content (AvgIpc) is 2.71. The highest BCUT2D eigenvalue weighted by atomic mass is 16.5. The maximum absolute atomic E-state index is 12.5. The minimum Gasteiger partial charge on any atom is -0.497 e. The maximum Gasteiger partial charge on any atom is 0.328 e. The Labute approximate surface area is 167 Å². The summed E-state index contributed by atoms with van der Waals surface area (Å²) in [7, 11) is 2.97. The van der Waals surface area contributed by atoms with Gasteiger partial charge in [-0.3, -0.25) is 0 Å². The molecule has 1 saturated heterocycles. The SMILES string of the molecule is COC(=O)[C@@H](CC(C)C)NC(=O)NCC1(c2ccc(OC)cc2)CCOCC1. The largest absolute Gasteiger partial charge is 0.497 e. The third kappa shape index (κ3) is 5.86. The van der Waals surface area contributed by atoms with Crippen LogP contribution in [0.15, 0.2) is 24.3 Å². The molecule has 1 aromatic carbocycles. The number of urea groups is 1. The fourth-order valence-electron chi connectivity index (χ4n) is 3.56. The third-order valence-corrected chi connectivity index (χ3v) is 5.24. The Kier molecular flexibility index (Phi) is 8.11. The summed E-state index contributed by atoms with van der Waals surface area (Å²) < 4.78 is 15.6. The van der Waals surface area contributed by atoms with E-state index in [0.29, 0.717) is 26.2 Å². The molecule has 1 aromatic rings. The first-order valence-corrected chi connectivity index (χ1v) is 9.74. The van der Waals surface area contributed by atoms with Crippen molar-refractivity contribution >= 4 is 12.0 Å². The van der Waals surface area contributed by atoms with E-state index in [0.717, 1.165) is 24.2 Å². The van der Waals surface area contributed by atoms with Crippen molar-refractivity contribution < 1.29 is 23.8 Å². The number of hydrogen-bond acceptors (Lipinski definition) is 5. The molecule has 2 rings (SSSR count). The van der Waals surface area contributed by atoms with Gasteiger partial charge in [-0.2, -0.15) is 0 Å². The van der Waals surface area contributed by atoms with Gasteiger partial charge in [0.1, 0.15) is 11.8 Å². The Morgan fingerprint density at radius 3 is 2.32 bits per heavy atom. The number of carbonyl (C=O) groups is 2. The monoisotopic (exact) mass is 392 g/mol. The van der Waals surface area contributed by atoms with E-state index in [1.807, 2.05) is 38.1 Å². The second kappa shape index (κ2) is 10.3. The van der Waals surface area contributed by atoms with Gasteiger partial charge >= 0.3 is 12.0 Å². The van der Waals surface area contributed by atoms with Gasteiger partial charge in [0.25, 0.3) is 0 Å². The molecule has 7 heteroatoms. The van der Waals surface area contributed by atoms with Crippen molar-refractivity contribution in [2.75, 3.05) is 34.0 Å². The van der Waals surface area contributed by atoms with Crippen molar-refractivity contribution in [2.45, 2.75) is 44.6 Å². The van der Waals surface area contributed by atoms with Crippen LogP contribution >= 0.6 is 0 Å². The van der Waals surface area contributed by atoms with Gasteiger partial charge in [-0.15, -0.1) is 0 Å². The summed E-state index contributed by atoms with van der Waals surface area (Å²) in [5.41, 5.74) is 0.935. The van der Waals surface area contributed by atoms with Crippen LogP contribution in [0.1, 0.15) is 38.7 Å². The summed E-state index contributed by atoms with van der Waals surface area (Å²) in [6.07, 6.45) is 2.15. The minimum atomic E-state index is -0.656. The van der Waals surface area contributed by atoms with E-state index in [2.05, 4.69) is 10.6 Å². The third-order valence-electron chi connectivity index (χ3n) is 5.24. The topological polar surface area (TPSA) is 85.9 Å². The number of esters is 1. The summed E-state index contributed by atoms with van der Waals surface area (Å²) in [4.78, 5) is 24.4. The van der Waals surface area contributed by atoms with E-state index in [9.17, 15) is 9.59 Å². The first-order valence-electron chi connectivity index (χ1n) is 9.74. The van der Waals surface area contributed by atoms with Crippen molar-refractivity contribution in [3.63, 3.8) is 0 Å². The molecule has 2 amide bonds. The van der Waals surface area contributed by atoms with Crippen LogP contribution in [-0.2, 0) is 19.7 Å². The number of nitrogens with one attached hydrogen (secondary N) is 2. The summed E-state index contributed by atoms with van der Waals surface area (Å²) in [5, 5.41) is 5.71. The molecule has 0 saturated carbocycles. The smallest absolute Gasteiger partial charge is 0.328 e. The molecule has 0 bridgehead atoms. The molecule has 2 N–H and O–H groups in total. The maximum atomic E-state index is 12.5. The van der Waals surface area contributed by atoms with Gasteiger partial charge in [0, 0.05) is 25.2 Å². The Hall–Kier alpha value is -2.28. The van der Waals surface area contributed by atoms with E-state index in [1.54, 1.807) is 7.11 Å². The molecule has 28 heavy (non-hydrogen) atoms. The lowest BCUT2D eigenvalue weighted by molar-refractivity contribution is -0.143. The van der Waals surface area contributed by atoms with E-state index in [-0.39, 0.29) is 17.4 Å². The van der Waals surface area contributed by atoms with Gasteiger partial charge in [0.05, 0.1) is 14.2 Å². The number of rotatable bonds is 8. The minimum absolute atomic E-state index is 0.208. The summed E-state index contributed by atoms with van der Waals surface area (Å²) in [6.45, 7) is 5.75. The van der Waals surface area contributed by atoms with Crippen LogP contribution in [0.2, 0.25) is 0 Å². The second-order valence-corrected chi connectivity index (χ2v) is 7.65. The molecule has 1 aliphatic rings. The Balaban J connectivity index is 2.05. The Morgan fingerprint density at radius 1 is 1.14 bits per heavy atom. The molecule has 1 heterocycles. The highest BCUT2D eigenvalue weighted by Crippen LogP contribution is 2.35. The van der Waals surface area contributed by atoms with E-state index in [4.69, 9.17) is 14.2 Å². The fourth-order valence-corrected chi connectivity index (χ4v) is 3.56. The van der Waals surface area contributed by atoms with Crippen LogP contribution in [0, 0.1) is 5.92 Å². The second-order valence-electron chi connectivity index (χ2n) is 7.65. The van der Waals surface area contributed by atoms with E-state index >= 15 is 0 Å². The predicted molar refractivity (Wildman–Crippen MR) is 107 cm³/mol. The average molecular weight is 392 g/mol. The molecular formula is C21H32N2O5. The number of amides is 2. The zero-order chi connectivity index (χ0) is 20.6. The van der Waals surface area contributed by atoms with Crippen LogP contribution in [-0.4, -0.2) is 52.0 Å². The van der Waals surface area contributed by atoms with Gasteiger partial charge in [0.2, 0.25) is 0 Å². The summed E-state index contributed by atoms with van der Waals surface area (Å²) in [6, 6.07) is 6.93. The van der Waals surface area contributed by atoms with Crippen LogP contribution < -0.4 is 15.4 Å². The summed E-state index contributed by atoms with van der Waals surface area (Å²) in [5.74, 6) is 0.622. The van der Waals surface area contributed by atoms with Crippen LogP contribution in [0.25, 0.3) is 0 Å². The van der Waals surface area contributed by atoms with Gasteiger partial charge in [0.15, 0.2) is 0 Å². The van der Waals surface area contributed by atoms with Gasteiger partial charge in [-0.05, 0) is 42.9 Å². The fraction of sp³-hybridized carbons (Fsp3) is 0.619. The normalized spacial score (nSPS) is 16.9. The zero-order valence-electron chi connectivity index (χ0n) is 17.2. The molecule has 0 radical (unpaired) electrons. The lowest BCUT2D eigenvalue weighted by atomic mass is 9.74. The van der Waals surface area contributed by atoms with Gasteiger partial charge in [-0.25, -0.2) is 9.59 Å². The molecule has 0 aromatic heterocycles. The standard InChI is InChI=1S/C21H32N2O5/c1-15(2)13-18(19(24)27-4)23-20(25)22-14-21(9-11-28-12-10-21)16-5-7-17(26-3)8-6-16/h5-8,15,18H,9-14H2,1-4H3,(H2,22,23,25)/t18-/m1/s1. The number of ether oxygens (including phenoxy) is 3. The quantitative estimate of drug-likeness (QED) is 0.664. The Morgan fingerprint density at radius 2 is 1.79 bits per heavy atom. The van der Waals surface area contributed by atoms with Crippen molar-refractivity contribution in [1.82, 2.24) is 10.6 Å². The van der Waals surface area contributed by atoms with Crippen LogP contribution in [0.4, 0.5) is 4.79 Å². The van der Waals surface area contributed by atoms with Gasteiger partial charge < -0.3 is 24.8 Å². The molecule has 156 valence electrons. The highest BCUT2D eigenvalue weighted by Gasteiger charge is 2.35. The predicted octanol–water partition coefficient (Wildman–Crippen LogP) is 2.63. The number of methoxy groups -OCH3 is 2. The molecule has 1 aliphatic heterocycles. The molecule has 0 spiro atoms. The summed E-state index contributed by atoms with van der Waals surface area (Å²) >= 11 is 0. The molecule has 7 nitrogen and oxygen atoms in total. The van der Waals surface area contributed by atoms with Crippen molar-refractivity contribution in [3.8, 4) is 5.75 Å². The number of carbonyl (C=O) groups excluding carboxylic acids is 2. The lowest BCUT2D eigenvalue weighted by Crippen LogP contribution is -2.51. The number of benzene rings is 1. The van der Waals surface area contributed by atoms with Crippen molar-refractivity contribution in [1.29, 1.82) is 0 Å². The molecule has 0 aliphatic carbocycles. The number of hydrogen-bond donors (Lipinski definition) is 2. The van der Waals surface area contributed by atoms with E-state index < -0.39 is 12.0 Å². The molecule has 1 atom stereocenters. The van der Waals surface area contributed by atoms with Gasteiger partial charge in [-0.1, -0.05) is 26.0 Å². The van der Waals surface area contributed by atoms with Crippen LogP contribution in [0.5, 0.6) is 5.75 Å². The Bertz CT molecular complexity index is 639. The van der Waals surface area contributed by atoms with Crippen LogP contribution in [0.3, 0.4) is 0 Å². The van der Waals surface area contributed by atoms with Crippen molar-refractivity contribution in [3.05, 3.63) is 29.8 Å². The highest BCUT2D eigenvalue weighted by molar-refractivity contribution is 5.83.